The van der Waals surface area contributed by atoms with E-state index >= 15 is 0 Å². The van der Waals surface area contributed by atoms with Crippen LogP contribution in [0, 0.1) is 0 Å². The highest BCUT2D eigenvalue weighted by atomic mass is 16.5. The molecule has 3 aromatic carbocycles. The number of ether oxygens (including phenoxy) is 2. The number of carbonyl (C=O) groups excluding carboxylic acids is 1. The summed E-state index contributed by atoms with van der Waals surface area (Å²) in [5.41, 5.74) is 3.94. The lowest BCUT2D eigenvalue weighted by Gasteiger charge is -2.12. The fourth-order valence-electron chi connectivity index (χ4n) is 3.74. The van der Waals surface area contributed by atoms with Gasteiger partial charge in [0.05, 0.1) is 22.8 Å². The number of nitrogens with one attached hydrogen (secondary N) is 2. The first-order valence-electron chi connectivity index (χ1n) is 10.5. The van der Waals surface area contributed by atoms with E-state index < -0.39 is 0 Å². The summed E-state index contributed by atoms with van der Waals surface area (Å²) in [7, 11) is 0. The van der Waals surface area contributed by atoms with E-state index in [1.165, 1.54) is 0 Å². The van der Waals surface area contributed by atoms with Gasteiger partial charge >= 0.3 is 0 Å². The Balaban J connectivity index is 1.30. The topological polar surface area (TPSA) is 76.2 Å². The molecule has 0 aliphatic carbocycles. The van der Waals surface area contributed by atoms with Crippen LogP contribution < -0.4 is 10.1 Å². The van der Waals surface area contributed by atoms with Crippen LogP contribution in [0.4, 0.5) is 5.69 Å². The van der Waals surface area contributed by atoms with Crippen molar-refractivity contribution in [3.63, 3.8) is 0 Å². The summed E-state index contributed by atoms with van der Waals surface area (Å²) < 4.78 is 11.4. The highest BCUT2D eigenvalue weighted by Gasteiger charge is 2.16. The Hall–Kier alpha value is -3.64. The van der Waals surface area contributed by atoms with Crippen molar-refractivity contribution in [1.29, 1.82) is 0 Å². The van der Waals surface area contributed by atoms with Crippen molar-refractivity contribution < 1.29 is 14.3 Å². The molecule has 0 radical (unpaired) electrons. The minimum atomic E-state index is -0.186. The van der Waals surface area contributed by atoms with E-state index in [0.29, 0.717) is 17.9 Å². The third-order valence-electron chi connectivity index (χ3n) is 5.40. The van der Waals surface area contributed by atoms with Crippen LogP contribution in [0.5, 0.6) is 5.75 Å². The van der Waals surface area contributed by atoms with E-state index in [0.717, 1.165) is 47.6 Å². The van der Waals surface area contributed by atoms with E-state index in [4.69, 9.17) is 9.47 Å². The van der Waals surface area contributed by atoms with Crippen molar-refractivity contribution >= 4 is 22.6 Å². The second kappa shape index (κ2) is 8.62. The molecule has 1 atom stereocenters. The van der Waals surface area contributed by atoms with Crippen molar-refractivity contribution in [1.82, 2.24) is 9.97 Å². The van der Waals surface area contributed by atoms with Crippen LogP contribution in [0.2, 0.25) is 0 Å². The third kappa shape index (κ3) is 4.29. The van der Waals surface area contributed by atoms with Gasteiger partial charge in [0.1, 0.15) is 18.2 Å². The molecule has 0 spiro atoms. The van der Waals surface area contributed by atoms with E-state index in [1.807, 2.05) is 60.7 Å². The molecule has 1 saturated heterocycles. The van der Waals surface area contributed by atoms with Crippen LogP contribution in [0.1, 0.15) is 23.2 Å². The number of hydrogen-bond donors (Lipinski definition) is 2. The van der Waals surface area contributed by atoms with Crippen LogP contribution in [0.3, 0.4) is 0 Å². The maximum Gasteiger partial charge on any atom is 0.255 e. The van der Waals surface area contributed by atoms with Crippen LogP contribution in [0.25, 0.3) is 22.4 Å². The van der Waals surface area contributed by atoms with Crippen LogP contribution in [-0.4, -0.2) is 35.2 Å². The van der Waals surface area contributed by atoms with E-state index in [2.05, 4.69) is 15.3 Å². The molecule has 1 unspecified atom stereocenters. The zero-order chi connectivity index (χ0) is 21.0. The summed E-state index contributed by atoms with van der Waals surface area (Å²) in [4.78, 5) is 20.8. The number of para-hydroxylation sites is 3. The zero-order valence-corrected chi connectivity index (χ0v) is 17.0. The molecule has 1 amide bonds. The van der Waals surface area contributed by atoms with Gasteiger partial charge in [-0.2, -0.15) is 0 Å². The number of rotatable bonds is 6. The molecule has 156 valence electrons. The SMILES string of the molecule is O=C(Nc1ccccc1-c1nc2ccccc2[nH]1)c1ccc(OCC2CCCO2)cc1. The number of aromatic amines is 1. The number of fused-ring (bicyclic) bond motifs is 1. The molecule has 6 heteroatoms. The van der Waals surface area contributed by atoms with Crippen molar-refractivity contribution in [2.24, 2.45) is 0 Å². The molecule has 6 nitrogen and oxygen atoms in total. The second-order valence-corrected chi connectivity index (χ2v) is 7.57. The van der Waals surface area contributed by atoms with Gasteiger partial charge in [0, 0.05) is 17.7 Å². The molecular formula is C25H23N3O3. The summed E-state index contributed by atoms with van der Waals surface area (Å²) in [5.74, 6) is 1.26. The lowest BCUT2D eigenvalue weighted by molar-refractivity contribution is 0.0679. The fraction of sp³-hybridized carbons (Fsp3) is 0.200. The van der Waals surface area contributed by atoms with Gasteiger partial charge in [0.2, 0.25) is 0 Å². The first-order chi connectivity index (χ1) is 15.3. The minimum absolute atomic E-state index is 0.165. The Kier molecular flexibility index (Phi) is 5.37. The predicted octanol–water partition coefficient (Wildman–Crippen LogP) is 5.04. The molecule has 0 bridgehead atoms. The average Bonchev–Trinajstić information content (AvgIpc) is 3.48. The first-order valence-corrected chi connectivity index (χ1v) is 10.5. The smallest absolute Gasteiger partial charge is 0.255 e. The third-order valence-corrected chi connectivity index (χ3v) is 5.40. The lowest BCUT2D eigenvalue weighted by Crippen LogP contribution is -2.16. The van der Waals surface area contributed by atoms with Gasteiger partial charge in [-0.3, -0.25) is 4.79 Å². The maximum absolute atomic E-state index is 12.8. The van der Waals surface area contributed by atoms with Crippen LogP contribution in [0.15, 0.2) is 72.8 Å². The standard InChI is InChI=1S/C25H23N3O3/c29-25(17-11-13-18(14-12-17)31-16-19-6-5-15-30-19)28-21-8-2-1-7-20(21)24-26-22-9-3-4-10-23(22)27-24/h1-4,7-14,19H,5-6,15-16H2,(H,26,27)(H,28,29). The minimum Gasteiger partial charge on any atom is -0.491 e. The highest BCUT2D eigenvalue weighted by Crippen LogP contribution is 2.28. The fourth-order valence-corrected chi connectivity index (χ4v) is 3.74. The number of benzene rings is 3. The molecule has 0 saturated carbocycles. The van der Waals surface area contributed by atoms with Gasteiger partial charge in [0.15, 0.2) is 0 Å². The Morgan fingerprint density at radius 3 is 2.68 bits per heavy atom. The number of nitrogens with zero attached hydrogens (tertiary/aromatic N) is 1. The molecule has 1 fully saturated rings. The summed E-state index contributed by atoms with van der Waals surface area (Å²) in [5, 5.41) is 3.01. The monoisotopic (exact) mass is 413 g/mol. The quantitative estimate of drug-likeness (QED) is 0.464. The Morgan fingerprint density at radius 1 is 1.06 bits per heavy atom. The normalized spacial score (nSPS) is 15.8. The number of hydrogen-bond acceptors (Lipinski definition) is 4. The number of amides is 1. The Labute approximate surface area is 180 Å². The van der Waals surface area contributed by atoms with Crippen molar-refractivity contribution in [2.75, 3.05) is 18.5 Å². The molecule has 1 aromatic heterocycles. The summed E-state index contributed by atoms with van der Waals surface area (Å²) in [6, 6.07) is 22.7. The summed E-state index contributed by atoms with van der Waals surface area (Å²) in [6.45, 7) is 1.35. The Morgan fingerprint density at radius 2 is 1.87 bits per heavy atom. The first kappa shape index (κ1) is 19.3. The Bertz CT molecular complexity index is 1160. The second-order valence-electron chi connectivity index (χ2n) is 7.57. The van der Waals surface area contributed by atoms with E-state index in [1.54, 1.807) is 12.1 Å². The molecule has 1 aliphatic heterocycles. The number of imidazole rings is 1. The van der Waals surface area contributed by atoms with Gasteiger partial charge in [-0.15, -0.1) is 0 Å². The maximum atomic E-state index is 12.8. The van der Waals surface area contributed by atoms with Gasteiger partial charge in [-0.25, -0.2) is 4.98 Å². The van der Waals surface area contributed by atoms with Gasteiger partial charge in [0.25, 0.3) is 5.91 Å². The molecule has 1 aliphatic rings. The van der Waals surface area contributed by atoms with Gasteiger partial charge in [-0.05, 0) is 61.4 Å². The zero-order valence-electron chi connectivity index (χ0n) is 17.0. The molecule has 4 aromatic rings. The molecule has 31 heavy (non-hydrogen) atoms. The summed E-state index contributed by atoms with van der Waals surface area (Å²) in [6.07, 6.45) is 2.28. The van der Waals surface area contributed by atoms with Crippen molar-refractivity contribution in [3.05, 3.63) is 78.4 Å². The van der Waals surface area contributed by atoms with Crippen molar-refractivity contribution in [3.8, 4) is 17.1 Å². The van der Waals surface area contributed by atoms with Crippen molar-refractivity contribution in [2.45, 2.75) is 18.9 Å². The van der Waals surface area contributed by atoms with E-state index in [-0.39, 0.29) is 12.0 Å². The van der Waals surface area contributed by atoms with Gasteiger partial charge in [-0.1, -0.05) is 24.3 Å². The number of H-pyrrole nitrogens is 1. The molecular weight excluding hydrogens is 390 g/mol. The predicted molar refractivity (Wildman–Crippen MR) is 120 cm³/mol. The van der Waals surface area contributed by atoms with Crippen LogP contribution >= 0.6 is 0 Å². The number of carbonyl (C=O) groups is 1. The number of aromatic nitrogens is 2. The molecule has 2 heterocycles. The van der Waals surface area contributed by atoms with Crippen LogP contribution in [-0.2, 0) is 4.74 Å². The summed E-state index contributed by atoms with van der Waals surface area (Å²) >= 11 is 0. The largest absolute Gasteiger partial charge is 0.491 e. The van der Waals surface area contributed by atoms with Gasteiger partial charge < -0.3 is 19.8 Å². The molecule has 5 rings (SSSR count). The lowest BCUT2D eigenvalue weighted by atomic mass is 10.1. The molecule has 2 N–H and O–H groups in total. The van der Waals surface area contributed by atoms with E-state index in [9.17, 15) is 4.79 Å². The average molecular weight is 413 g/mol. The highest BCUT2D eigenvalue weighted by molar-refractivity contribution is 6.06. The number of anilines is 1.